The SMILES string of the molecule is NC(CS)C(=O)NC(Cc1cnc[nH]1)C(=O)NC(Cc1c[nH]c2ccccc12)C(=O)NC(Cc1cnc[nH]1)C(=O)O. The third kappa shape index (κ3) is 7.73. The smallest absolute Gasteiger partial charge is 0.326 e. The lowest BCUT2D eigenvalue weighted by Crippen LogP contribution is -2.58. The molecule has 0 radical (unpaired) electrons. The first kappa shape index (κ1) is 29.4. The number of aromatic nitrogens is 5. The van der Waals surface area contributed by atoms with Gasteiger partial charge < -0.3 is 41.7 Å². The highest BCUT2D eigenvalue weighted by Gasteiger charge is 2.31. The van der Waals surface area contributed by atoms with Crippen molar-refractivity contribution >= 4 is 47.2 Å². The zero-order valence-electron chi connectivity index (χ0n) is 21.8. The van der Waals surface area contributed by atoms with Crippen molar-refractivity contribution in [1.29, 1.82) is 0 Å². The van der Waals surface area contributed by atoms with Gasteiger partial charge in [0, 0.05) is 65.9 Å². The molecule has 4 rings (SSSR count). The van der Waals surface area contributed by atoms with Crippen LogP contribution in [0.25, 0.3) is 10.9 Å². The number of hydrogen-bond donors (Lipinski definition) is 9. The molecule has 0 bridgehead atoms. The molecule has 1 aromatic carbocycles. The predicted molar refractivity (Wildman–Crippen MR) is 152 cm³/mol. The van der Waals surface area contributed by atoms with E-state index < -0.39 is 47.9 Å². The number of rotatable bonds is 14. The molecule has 0 aliphatic rings. The van der Waals surface area contributed by atoms with Gasteiger partial charge in [0.2, 0.25) is 17.7 Å². The number of nitrogens with one attached hydrogen (secondary N) is 6. The number of aliphatic carboxylic acids is 1. The molecule has 3 amide bonds. The van der Waals surface area contributed by atoms with E-state index in [1.165, 1.54) is 25.0 Å². The summed E-state index contributed by atoms with van der Waals surface area (Å²) in [6, 6.07) is 2.89. The first-order valence-electron chi connectivity index (χ1n) is 12.7. The third-order valence-corrected chi connectivity index (χ3v) is 6.86. The summed E-state index contributed by atoms with van der Waals surface area (Å²) in [5, 5.41) is 18.5. The van der Waals surface area contributed by atoms with Gasteiger partial charge in [0.15, 0.2) is 0 Å². The average Bonchev–Trinajstić information content (AvgIpc) is 3.74. The average molecular weight is 582 g/mol. The number of carbonyl (C=O) groups excluding carboxylic acids is 3. The number of para-hydroxylation sites is 1. The second-order valence-electron chi connectivity index (χ2n) is 9.44. The van der Waals surface area contributed by atoms with Crippen molar-refractivity contribution in [3.05, 3.63) is 72.5 Å². The summed E-state index contributed by atoms with van der Waals surface area (Å²) in [7, 11) is 0. The largest absolute Gasteiger partial charge is 0.480 e. The van der Waals surface area contributed by atoms with Crippen molar-refractivity contribution < 1.29 is 24.3 Å². The van der Waals surface area contributed by atoms with E-state index in [-0.39, 0.29) is 25.0 Å². The Labute approximate surface area is 239 Å². The van der Waals surface area contributed by atoms with Crippen molar-refractivity contribution in [3.8, 4) is 0 Å². The lowest BCUT2D eigenvalue weighted by Gasteiger charge is -2.25. The van der Waals surface area contributed by atoms with Gasteiger partial charge >= 0.3 is 5.97 Å². The summed E-state index contributed by atoms with van der Waals surface area (Å²) in [5.74, 6) is -3.17. The van der Waals surface area contributed by atoms with Crippen molar-refractivity contribution in [2.24, 2.45) is 5.73 Å². The Morgan fingerprint density at radius 1 is 0.829 bits per heavy atom. The highest BCUT2D eigenvalue weighted by Crippen LogP contribution is 2.19. The molecule has 9 N–H and O–H groups in total. The summed E-state index contributed by atoms with van der Waals surface area (Å²) in [6.07, 6.45) is 7.57. The molecule has 0 saturated carbocycles. The fraction of sp³-hybridized carbons (Fsp3) is 0.308. The molecular formula is C26H31N9O5S. The summed E-state index contributed by atoms with van der Waals surface area (Å²) in [6.45, 7) is 0. The number of nitrogens with two attached hydrogens (primary N) is 1. The Morgan fingerprint density at radius 3 is 1.98 bits per heavy atom. The van der Waals surface area contributed by atoms with Crippen LogP contribution in [0.1, 0.15) is 17.0 Å². The number of H-pyrrole nitrogens is 3. The van der Waals surface area contributed by atoms with Gasteiger partial charge in [0.25, 0.3) is 0 Å². The number of aromatic amines is 3. The van der Waals surface area contributed by atoms with E-state index in [2.05, 4.69) is 53.5 Å². The molecule has 216 valence electrons. The van der Waals surface area contributed by atoms with Crippen molar-refractivity contribution in [2.75, 3.05) is 5.75 Å². The van der Waals surface area contributed by atoms with Crippen LogP contribution in [0.3, 0.4) is 0 Å². The summed E-state index contributed by atoms with van der Waals surface area (Å²) in [5.41, 5.74) is 8.44. The van der Waals surface area contributed by atoms with Gasteiger partial charge in [-0.3, -0.25) is 14.4 Å². The van der Waals surface area contributed by atoms with Crippen LogP contribution in [-0.4, -0.2) is 83.6 Å². The molecule has 15 heteroatoms. The van der Waals surface area contributed by atoms with Crippen LogP contribution in [0.2, 0.25) is 0 Å². The minimum Gasteiger partial charge on any atom is -0.480 e. The fourth-order valence-electron chi connectivity index (χ4n) is 4.28. The molecule has 3 aromatic heterocycles. The highest BCUT2D eigenvalue weighted by molar-refractivity contribution is 7.80. The Morgan fingerprint density at radius 2 is 1.39 bits per heavy atom. The van der Waals surface area contributed by atoms with Gasteiger partial charge in [-0.1, -0.05) is 18.2 Å². The molecule has 4 aromatic rings. The van der Waals surface area contributed by atoms with Crippen LogP contribution in [0.4, 0.5) is 0 Å². The summed E-state index contributed by atoms with van der Waals surface area (Å²) < 4.78 is 0. The van der Waals surface area contributed by atoms with Gasteiger partial charge in [-0.05, 0) is 11.6 Å². The summed E-state index contributed by atoms with van der Waals surface area (Å²) >= 11 is 4.05. The maximum atomic E-state index is 13.6. The standard InChI is InChI=1S/C26H31N9O5S/c27-18(11-41)23(36)33-21(6-15-9-28-12-31-15)25(38)34-20(5-14-8-30-19-4-2-1-3-17(14)19)24(37)35-22(26(39)40)7-16-10-29-13-32-16/h1-4,8-10,12-13,18,20-22,30,41H,5-7,11,27H2,(H,28,31)(H,29,32)(H,33,36)(H,34,38)(H,35,37)(H,39,40). The van der Waals surface area contributed by atoms with E-state index in [9.17, 15) is 24.3 Å². The second kappa shape index (κ2) is 13.6. The van der Waals surface area contributed by atoms with E-state index in [4.69, 9.17) is 5.73 Å². The number of carboxylic acid groups (broad SMARTS) is 1. The zero-order chi connectivity index (χ0) is 29.4. The second-order valence-corrected chi connectivity index (χ2v) is 9.80. The van der Waals surface area contributed by atoms with Crippen LogP contribution in [-0.2, 0) is 38.4 Å². The number of benzene rings is 1. The molecule has 4 unspecified atom stereocenters. The van der Waals surface area contributed by atoms with Gasteiger partial charge in [-0.2, -0.15) is 12.6 Å². The zero-order valence-corrected chi connectivity index (χ0v) is 22.7. The number of carbonyl (C=O) groups is 4. The Hall–Kier alpha value is -4.63. The van der Waals surface area contributed by atoms with E-state index >= 15 is 0 Å². The van der Waals surface area contributed by atoms with E-state index in [0.29, 0.717) is 11.4 Å². The normalized spacial score (nSPS) is 14.1. The molecule has 3 heterocycles. The van der Waals surface area contributed by atoms with Crippen molar-refractivity contribution in [3.63, 3.8) is 0 Å². The molecule has 0 aliphatic carbocycles. The van der Waals surface area contributed by atoms with E-state index in [1.54, 1.807) is 6.20 Å². The topological polar surface area (TPSA) is 224 Å². The Balaban J connectivity index is 1.59. The molecule has 0 spiro atoms. The van der Waals surface area contributed by atoms with Crippen LogP contribution in [0.15, 0.2) is 55.5 Å². The minimum absolute atomic E-state index is 0.0376. The maximum Gasteiger partial charge on any atom is 0.326 e. The molecule has 4 atom stereocenters. The molecular weight excluding hydrogens is 550 g/mol. The first-order chi connectivity index (χ1) is 19.7. The molecule has 0 fully saturated rings. The fourth-order valence-corrected chi connectivity index (χ4v) is 4.44. The van der Waals surface area contributed by atoms with E-state index in [0.717, 1.165) is 16.5 Å². The molecule has 41 heavy (non-hydrogen) atoms. The molecule has 0 saturated heterocycles. The van der Waals surface area contributed by atoms with Crippen LogP contribution in [0.5, 0.6) is 0 Å². The van der Waals surface area contributed by atoms with Crippen LogP contribution < -0.4 is 21.7 Å². The number of imidazole rings is 2. The maximum absolute atomic E-state index is 13.6. The van der Waals surface area contributed by atoms with Crippen LogP contribution in [0, 0.1) is 0 Å². The van der Waals surface area contributed by atoms with Gasteiger partial charge in [0.05, 0.1) is 18.7 Å². The van der Waals surface area contributed by atoms with Gasteiger partial charge in [-0.15, -0.1) is 0 Å². The number of amides is 3. The Bertz CT molecular complexity index is 1470. The Kier molecular flexibility index (Phi) is 9.76. The molecule has 14 nitrogen and oxygen atoms in total. The predicted octanol–water partition coefficient (Wildman–Crippen LogP) is -0.562. The lowest BCUT2D eigenvalue weighted by molar-refractivity contribution is -0.142. The van der Waals surface area contributed by atoms with Crippen molar-refractivity contribution in [1.82, 2.24) is 40.9 Å². The number of carboxylic acids is 1. The highest BCUT2D eigenvalue weighted by atomic mass is 32.1. The van der Waals surface area contributed by atoms with Crippen molar-refractivity contribution in [2.45, 2.75) is 43.4 Å². The molecule has 0 aliphatic heterocycles. The van der Waals surface area contributed by atoms with E-state index in [1.807, 2.05) is 24.3 Å². The number of nitrogens with zero attached hydrogens (tertiary/aromatic N) is 2. The lowest BCUT2D eigenvalue weighted by atomic mass is 10.0. The number of hydrogen-bond acceptors (Lipinski definition) is 8. The monoisotopic (exact) mass is 581 g/mol. The number of fused-ring (bicyclic) bond motifs is 1. The minimum atomic E-state index is -1.29. The number of thiol groups is 1. The summed E-state index contributed by atoms with van der Waals surface area (Å²) in [4.78, 5) is 68.3. The van der Waals surface area contributed by atoms with Gasteiger partial charge in [0.1, 0.15) is 18.1 Å². The van der Waals surface area contributed by atoms with Gasteiger partial charge in [-0.25, -0.2) is 14.8 Å². The third-order valence-electron chi connectivity index (χ3n) is 6.47. The first-order valence-corrected chi connectivity index (χ1v) is 13.4. The van der Waals surface area contributed by atoms with Crippen LogP contribution >= 0.6 is 12.6 Å². The quantitative estimate of drug-likeness (QED) is 0.0875.